The van der Waals surface area contributed by atoms with E-state index >= 15 is 0 Å². The molecule has 51 heavy (non-hydrogen) atoms. The van der Waals surface area contributed by atoms with Crippen LogP contribution in [0.4, 0.5) is 0 Å². The second kappa shape index (κ2) is 14.1. The molecule has 0 aliphatic heterocycles. The van der Waals surface area contributed by atoms with Crippen LogP contribution in [0, 0.1) is 31.9 Å². The number of rotatable bonds is 7. The average molecular weight is 850 g/mol. The molecule has 0 N–H and O–H groups in total. The van der Waals surface area contributed by atoms with Gasteiger partial charge in [-0.25, -0.2) is 4.98 Å². The number of hydrogen-bond donors (Lipinski definition) is 0. The van der Waals surface area contributed by atoms with E-state index in [4.69, 9.17) is 14.8 Å². The van der Waals surface area contributed by atoms with Crippen LogP contribution in [0.25, 0.3) is 44.4 Å². The molecule has 0 bridgehead atoms. The summed E-state index contributed by atoms with van der Waals surface area (Å²) in [6.45, 7) is 13.4. The van der Waals surface area contributed by atoms with Crippen LogP contribution in [0.5, 0.6) is 11.5 Å². The molecule has 3 heterocycles. The Bertz CT molecular complexity index is 2400. The van der Waals surface area contributed by atoms with Gasteiger partial charge in [0.2, 0.25) is 0 Å². The molecule has 0 saturated heterocycles. The maximum atomic E-state index is 6.65. The molecule has 0 amide bonds. The molecule has 258 valence electrons. The third-order valence-electron chi connectivity index (χ3n) is 10.4. The molecular weight excluding hydrogens is 808 g/mol. The summed E-state index contributed by atoms with van der Waals surface area (Å²) in [5.74, 6) is 3.36. The van der Waals surface area contributed by atoms with Crippen molar-refractivity contribution in [2.75, 3.05) is 0 Å². The van der Waals surface area contributed by atoms with Gasteiger partial charge in [0.25, 0.3) is 0 Å². The fourth-order valence-corrected chi connectivity index (χ4v) is 7.86. The Balaban J connectivity index is 0.00000406. The summed E-state index contributed by atoms with van der Waals surface area (Å²) in [5, 5.41) is 7.34. The molecule has 0 saturated carbocycles. The molecular formula is C45H42N4OPt. The maximum Gasteiger partial charge on any atom is 2.00 e. The summed E-state index contributed by atoms with van der Waals surface area (Å²) in [6.07, 6.45) is 6.64. The molecule has 1 aliphatic rings. The van der Waals surface area contributed by atoms with Crippen molar-refractivity contribution < 1.29 is 25.8 Å². The number of hydrogen-bond acceptors (Lipinski definition) is 3. The van der Waals surface area contributed by atoms with E-state index in [2.05, 4.69) is 148 Å². The fourth-order valence-electron chi connectivity index (χ4n) is 7.86. The minimum Gasteiger partial charge on any atom is -0.509 e. The zero-order chi connectivity index (χ0) is 34.5. The third kappa shape index (κ3) is 6.38. The molecule has 4 aromatic carbocycles. The molecule has 7 aromatic rings. The second-order valence-corrected chi connectivity index (χ2v) is 14.1. The monoisotopic (exact) mass is 849 g/mol. The summed E-state index contributed by atoms with van der Waals surface area (Å²) in [6, 6.07) is 38.7. The predicted octanol–water partition coefficient (Wildman–Crippen LogP) is 11.6. The summed E-state index contributed by atoms with van der Waals surface area (Å²) in [4.78, 5) is 4.84. The van der Waals surface area contributed by atoms with Crippen LogP contribution >= 0.6 is 0 Å². The number of nitrogens with zero attached hydrogens (tertiary/aromatic N) is 4. The smallest absolute Gasteiger partial charge is 0.509 e. The van der Waals surface area contributed by atoms with E-state index in [-0.39, 0.29) is 21.1 Å². The number of aryl methyl sites for hydroxylation is 1. The molecule has 0 spiro atoms. The Hall–Kier alpha value is -4.73. The van der Waals surface area contributed by atoms with Gasteiger partial charge in [-0.1, -0.05) is 86.5 Å². The van der Waals surface area contributed by atoms with Crippen molar-refractivity contribution in [2.24, 2.45) is 5.92 Å². The normalized spacial score (nSPS) is 16.0. The van der Waals surface area contributed by atoms with E-state index < -0.39 is 0 Å². The Morgan fingerprint density at radius 3 is 2.39 bits per heavy atom. The predicted molar refractivity (Wildman–Crippen MR) is 204 cm³/mol. The van der Waals surface area contributed by atoms with Gasteiger partial charge in [0, 0.05) is 40.4 Å². The SMILES string of the molecule is CC1=CCC[C@H](C)C1c1c(C)nn(-c2[c-]c(Oc3[c-]c4c(cc3)c3ccccc3n4-c3cc(-c4ccccc4)ccn3)cc(C(C)C)c2)c1C.[Pt+2]. The van der Waals surface area contributed by atoms with Crippen LogP contribution in [-0.4, -0.2) is 19.3 Å². The van der Waals surface area contributed by atoms with Crippen molar-refractivity contribution in [1.29, 1.82) is 0 Å². The van der Waals surface area contributed by atoms with Gasteiger partial charge in [-0.2, -0.15) is 11.2 Å². The minimum absolute atomic E-state index is 0. The summed E-state index contributed by atoms with van der Waals surface area (Å²) >= 11 is 0. The molecule has 3 aromatic heterocycles. The fraction of sp³-hybridized carbons (Fsp3) is 0.244. The molecule has 8 rings (SSSR count). The first-order chi connectivity index (χ1) is 24.3. The molecule has 0 fully saturated rings. The number of pyridine rings is 1. The van der Waals surface area contributed by atoms with Crippen molar-refractivity contribution >= 4 is 21.8 Å². The minimum atomic E-state index is 0. The van der Waals surface area contributed by atoms with Gasteiger partial charge < -0.3 is 9.30 Å². The van der Waals surface area contributed by atoms with Crippen molar-refractivity contribution in [1.82, 2.24) is 19.3 Å². The van der Waals surface area contributed by atoms with Crippen LogP contribution in [0.3, 0.4) is 0 Å². The largest absolute Gasteiger partial charge is 2.00 e. The van der Waals surface area contributed by atoms with Gasteiger partial charge in [0.05, 0.1) is 5.69 Å². The Morgan fingerprint density at radius 2 is 1.61 bits per heavy atom. The number of fused-ring (bicyclic) bond motifs is 3. The van der Waals surface area contributed by atoms with E-state index in [1.54, 1.807) is 0 Å². The number of ether oxygens (including phenoxy) is 1. The molecule has 1 aliphatic carbocycles. The first-order valence-electron chi connectivity index (χ1n) is 17.7. The maximum absolute atomic E-state index is 6.65. The number of aromatic nitrogens is 4. The molecule has 2 atom stereocenters. The zero-order valence-corrected chi connectivity index (χ0v) is 32.2. The topological polar surface area (TPSA) is 44.9 Å². The van der Waals surface area contributed by atoms with Crippen molar-refractivity contribution in [3.63, 3.8) is 0 Å². The van der Waals surface area contributed by atoms with Gasteiger partial charge in [-0.3, -0.25) is 4.68 Å². The average Bonchev–Trinajstić information content (AvgIpc) is 3.61. The van der Waals surface area contributed by atoms with Crippen LogP contribution < -0.4 is 4.74 Å². The van der Waals surface area contributed by atoms with Crippen LogP contribution in [0.15, 0.2) is 109 Å². The van der Waals surface area contributed by atoms with E-state index in [1.165, 1.54) is 28.8 Å². The molecule has 1 unspecified atom stereocenters. The number of allylic oxidation sites excluding steroid dienone is 2. The molecule has 5 nitrogen and oxygen atoms in total. The number of benzene rings is 4. The third-order valence-corrected chi connectivity index (χ3v) is 10.4. The summed E-state index contributed by atoms with van der Waals surface area (Å²) < 4.78 is 10.9. The van der Waals surface area contributed by atoms with Crippen LogP contribution in [-0.2, 0) is 21.1 Å². The van der Waals surface area contributed by atoms with E-state index in [9.17, 15) is 0 Å². The number of para-hydroxylation sites is 1. The van der Waals surface area contributed by atoms with Crippen molar-refractivity contribution in [3.8, 4) is 34.1 Å². The van der Waals surface area contributed by atoms with Crippen molar-refractivity contribution in [3.05, 3.63) is 143 Å². The Morgan fingerprint density at radius 1 is 0.824 bits per heavy atom. The summed E-state index contributed by atoms with van der Waals surface area (Å²) in [7, 11) is 0. The van der Waals surface area contributed by atoms with Crippen LogP contribution in [0.1, 0.15) is 74.9 Å². The Labute approximate surface area is 315 Å². The van der Waals surface area contributed by atoms with E-state index in [0.717, 1.165) is 56.6 Å². The first kappa shape index (κ1) is 34.7. The van der Waals surface area contributed by atoms with Crippen molar-refractivity contribution in [2.45, 2.75) is 66.2 Å². The molecule has 6 heteroatoms. The summed E-state index contributed by atoms with van der Waals surface area (Å²) in [5.41, 5.74) is 11.3. The van der Waals surface area contributed by atoms with Gasteiger partial charge in [-0.05, 0) is 85.8 Å². The Kier molecular flexibility index (Phi) is 9.61. The molecule has 0 radical (unpaired) electrons. The quantitative estimate of drug-likeness (QED) is 0.119. The van der Waals surface area contributed by atoms with Gasteiger partial charge in [0.1, 0.15) is 5.82 Å². The first-order valence-corrected chi connectivity index (χ1v) is 17.7. The van der Waals surface area contributed by atoms with E-state index in [0.29, 0.717) is 29.3 Å². The van der Waals surface area contributed by atoms with Gasteiger partial charge in [0.15, 0.2) is 0 Å². The van der Waals surface area contributed by atoms with Gasteiger partial charge in [-0.15, -0.1) is 41.3 Å². The zero-order valence-electron chi connectivity index (χ0n) is 30.0. The standard InChI is InChI=1S/C45H42N4O.Pt/c1-28(2)35-23-36(49-32(6)45(31(5)47-49)44-29(3)13-12-14-30(44)4)26-38(24-35)50-37-19-20-40-39-17-10-11-18-41(39)48(42(40)27-37)43-25-34(21-22-46-43)33-15-8-7-9-16-33;/h7-11,13,15-25,28,30,44H,12,14H2,1-6H3;/q-2;+2/t30-,44?;/m0./s1. The van der Waals surface area contributed by atoms with Crippen LogP contribution in [0.2, 0.25) is 0 Å². The van der Waals surface area contributed by atoms with Gasteiger partial charge >= 0.3 is 21.1 Å². The second-order valence-electron chi connectivity index (χ2n) is 14.1. The van der Waals surface area contributed by atoms with E-state index in [1.807, 2.05) is 18.3 Å².